The summed E-state index contributed by atoms with van der Waals surface area (Å²) in [6.07, 6.45) is 4.30. The maximum atomic E-state index is 13.5. The zero-order valence-corrected chi connectivity index (χ0v) is 21.5. The van der Waals surface area contributed by atoms with Crippen molar-refractivity contribution in [3.63, 3.8) is 0 Å². The normalized spacial score (nSPS) is 22.4. The molecule has 0 spiro atoms. The highest BCUT2D eigenvalue weighted by atomic mass is 16.5. The molecular weight excluding hydrogens is 448 g/mol. The minimum Gasteiger partial charge on any atom is -0.472 e. The van der Waals surface area contributed by atoms with Crippen molar-refractivity contribution in [1.82, 2.24) is 19.7 Å². The maximum absolute atomic E-state index is 13.5. The molecule has 2 aliphatic rings. The Hall–Kier alpha value is -2.67. The monoisotopic (exact) mass is 486 g/mol. The molecule has 3 rings (SSSR count). The minimum atomic E-state index is -0.994. The van der Waals surface area contributed by atoms with Crippen LogP contribution in [0.4, 0.5) is 0 Å². The van der Waals surface area contributed by atoms with Gasteiger partial charge < -0.3 is 29.6 Å². The molecule has 2 heterocycles. The molecule has 0 bridgehead atoms. The first kappa shape index (κ1) is 26.9. The average molecular weight is 487 g/mol. The van der Waals surface area contributed by atoms with E-state index in [-0.39, 0.29) is 42.3 Å². The maximum Gasteiger partial charge on any atom is 0.259 e. The van der Waals surface area contributed by atoms with Crippen molar-refractivity contribution in [2.24, 2.45) is 5.92 Å². The molecule has 1 saturated carbocycles. The first-order valence-electron chi connectivity index (χ1n) is 12.3. The molecule has 3 atom stereocenters. The number of aromatic nitrogens is 1. The van der Waals surface area contributed by atoms with E-state index in [1.165, 1.54) is 0 Å². The average Bonchev–Trinajstić information content (AvgIpc) is 3.25. The largest absolute Gasteiger partial charge is 0.472 e. The van der Waals surface area contributed by atoms with Crippen LogP contribution in [0.25, 0.3) is 0 Å². The van der Waals surface area contributed by atoms with Crippen molar-refractivity contribution in [3.05, 3.63) is 23.4 Å². The van der Waals surface area contributed by atoms with Crippen molar-refractivity contribution < 1.29 is 24.5 Å². The number of fused-ring (bicyclic) bond motifs is 1. The second kappa shape index (κ2) is 11.4. The lowest BCUT2D eigenvalue weighted by Gasteiger charge is -2.37. The zero-order valence-electron chi connectivity index (χ0n) is 21.5. The Morgan fingerprint density at radius 2 is 2.03 bits per heavy atom. The Kier molecular flexibility index (Phi) is 8.75. The van der Waals surface area contributed by atoms with Crippen LogP contribution in [0.1, 0.15) is 55.5 Å². The van der Waals surface area contributed by atoms with Crippen LogP contribution >= 0.6 is 0 Å². The number of nitrogens with zero attached hydrogens (tertiary/aromatic N) is 4. The van der Waals surface area contributed by atoms with Gasteiger partial charge in [0.15, 0.2) is 0 Å². The first-order chi connectivity index (χ1) is 16.5. The predicted octanol–water partition coefficient (Wildman–Crippen LogP) is 0.978. The fourth-order valence-electron chi connectivity index (χ4n) is 4.42. The third-order valence-corrected chi connectivity index (χ3v) is 6.72. The van der Waals surface area contributed by atoms with Crippen LogP contribution in [-0.2, 0) is 4.79 Å². The zero-order chi connectivity index (χ0) is 25.8. The van der Waals surface area contributed by atoms with E-state index in [0.717, 1.165) is 12.8 Å². The number of rotatable bonds is 6. The van der Waals surface area contributed by atoms with Gasteiger partial charge in [-0.25, -0.2) is 4.98 Å². The van der Waals surface area contributed by atoms with Crippen LogP contribution in [0.5, 0.6) is 5.88 Å². The number of amides is 2. The van der Waals surface area contributed by atoms with Gasteiger partial charge in [0.2, 0.25) is 11.8 Å². The van der Waals surface area contributed by atoms with Gasteiger partial charge >= 0.3 is 0 Å². The number of aliphatic hydroxyl groups excluding tert-OH is 1. The lowest BCUT2D eigenvalue weighted by atomic mass is 9.99. The highest BCUT2D eigenvalue weighted by Crippen LogP contribution is 2.30. The van der Waals surface area contributed by atoms with Crippen LogP contribution in [0.15, 0.2) is 12.3 Å². The van der Waals surface area contributed by atoms with Gasteiger partial charge in [-0.2, -0.15) is 0 Å². The molecule has 1 aliphatic heterocycles. The van der Waals surface area contributed by atoms with Gasteiger partial charge in [-0.3, -0.25) is 9.59 Å². The van der Waals surface area contributed by atoms with Crippen molar-refractivity contribution in [3.8, 4) is 17.7 Å². The summed E-state index contributed by atoms with van der Waals surface area (Å²) in [6.45, 7) is 4.55. The van der Waals surface area contributed by atoms with Gasteiger partial charge in [0.25, 0.3) is 5.91 Å². The number of hydrogen-bond donors (Lipinski definition) is 2. The van der Waals surface area contributed by atoms with E-state index in [1.807, 2.05) is 25.9 Å². The molecule has 1 aliphatic carbocycles. The van der Waals surface area contributed by atoms with E-state index in [9.17, 15) is 19.8 Å². The molecule has 9 heteroatoms. The van der Waals surface area contributed by atoms with Crippen LogP contribution in [0.3, 0.4) is 0 Å². The first-order valence-corrected chi connectivity index (χ1v) is 12.3. The minimum absolute atomic E-state index is 0.0341. The SMILES string of the molecule is C[C@H](CO)N1C[C@H](C)[C@H](CN(C)C(=O)CN(C)C)Oc2ncc(C#CC3(O)CCCC3)cc2C1=O. The number of ether oxygens (including phenoxy) is 1. The lowest BCUT2D eigenvalue weighted by molar-refractivity contribution is -0.132. The second-order valence-corrected chi connectivity index (χ2v) is 10.2. The van der Waals surface area contributed by atoms with Crippen LogP contribution in [-0.4, -0.2) is 107 Å². The highest BCUT2D eigenvalue weighted by molar-refractivity contribution is 5.97. The molecule has 0 saturated heterocycles. The number of aliphatic hydroxyl groups is 2. The summed E-state index contributed by atoms with van der Waals surface area (Å²) in [5.74, 6) is 5.67. The van der Waals surface area contributed by atoms with Gasteiger partial charge in [-0.05, 0) is 52.8 Å². The van der Waals surface area contributed by atoms with Crippen molar-refractivity contribution in [1.29, 1.82) is 0 Å². The fourth-order valence-corrected chi connectivity index (χ4v) is 4.42. The molecule has 2 N–H and O–H groups in total. The summed E-state index contributed by atoms with van der Waals surface area (Å²) in [6, 6.07) is 1.24. The Labute approximate surface area is 208 Å². The van der Waals surface area contributed by atoms with Crippen LogP contribution < -0.4 is 4.74 Å². The van der Waals surface area contributed by atoms with E-state index in [1.54, 1.807) is 36.0 Å². The summed E-state index contributed by atoms with van der Waals surface area (Å²) in [4.78, 5) is 35.5. The van der Waals surface area contributed by atoms with E-state index >= 15 is 0 Å². The summed E-state index contributed by atoms with van der Waals surface area (Å²) in [7, 11) is 5.42. The molecule has 192 valence electrons. The fraction of sp³-hybridized carbons (Fsp3) is 0.654. The molecule has 1 fully saturated rings. The van der Waals surface area contributed by atoms with Crippen molar-refractivity contribution in [2.75, 3.05) is 47.4 Å². The van der Waals surface area contributed by atoms with Crippen molar-refractivity contribution >= 4 is 11.8 Å². The molecular formula is C26H38N4O5. The smallest absolute Gasteiger partial charge is 0.259 e. The van der Waals surface area contributed by atoms with Crippen molar-refractivity contribution in [2.45, 2.75) is 57.3 Å². The Bertz CT molecular complexity index is 980. The number of hydrogen-bond acceptors (Lipinski definition) is 7. The Morgan fingerprint density at radius 3 is 2.66 bits per heavy atom. The number of pyridine rings is 1. The summed E-state index contributed by atoms with van der Waals surface area (Å²) in [5.41, 5.74) is -0.220. The highest BCUT2D eigenvalue weighted by Gasteiger charge is 2.35. The predicted molar refractivity (Wildman–Crippen MR) is 132 cm³/mol. The van der Waals surface area contributed by atoms with Crippen LogP contribution in [0.2, 0.25) is 0 Å². The van der Waals surface area contributed by atoms with Gasteiger partial charge in [-0.15, -0.1) is 0 Å². The number of carbonyl (C=O) groups excluding carboxylic acids is 2. The third kappa shape index (κ3) is 6.72. The summed E-state index contributed by atoms with van der Waals surface area (Å²) >= 11 is 0. The molecule has 0 radical (unpaired) electrons. The number of carbonyl (C=O) groups is 2. The van der Waals surface area contributed by atoms with E-state index in [0.29, 0.717) is 31.5 Å². The van der Waals surface area contributed by atoms with E-state index in [2.05, 4.69) is 16.8 Å². The molecule has 9 nitrogen and oxygen atoms in total. The molecule has 0 unspecified atom stereocenters. The van der Waals surface area contributed by atoms with E-state index < -0.39 is 17.7 Å². The second-order valence-electron chi connectivity index (χ2n) is 10.2. The Morgan fingerprint density at radius 1 is 1.34 bits per heavy atom. The summed E-state index contributed by atoms with van der Waals surface area (Å²) < 4.78 is 6.23. The van der Waals surface area contributed by atoms with Crippen LogP contribution in [0, 0.1) is 17.8 Å². The van der Waals surface area contributed by atoms with Gasteiger partial charge in [0, 0.05) is 31.3 Å². The topological polar surface area (TPSA) is 106 Å². The summed E-state index contributed by atoms with van der Waals surface area (Å²) in [5, 5.41) is 20.4. The standard InChI is InChI=1S/C26H38N4O5/c1-18-14-30(19(2)17-31)25(33)21-12-20(8-11-26(34)9-6-7-10-26)13-27-24(21)35-22(18)15-29(5)23(32)16-28(3)4/h12-13,18-19,22,31,34H,6-7,9-10,14-17H2,1-5H3/t18-,19+,22-/m0/s1. The van der Waals surface area contributed by atoms with E-state index in [4.69, 9.17) is 4.74 Å². The third-order valence-electron chi connectivity index (χ3n) is 6.72. The molecule has 1 aromatic rings. The van der Waals surface area contributed by atoms with Gasteiger partial charge in [0.1, 0.15) is 17.3 Å². The molecule has 2 amide bonds. The van der Waals surface area contributed by atoms with Gasteiger partial charge in [-0.1, -0.05) is 18.8 Å². The number of likely N-dealkylation sites (N-methyl/N-ethyl adjacent to an activating group) is 2. The molecule has 1 aromatic heterocycles. The quantitative estimate of drug-likeness (QED) is 0.578. The molecule has 0 aromatic carbocycles. The lowest BCUT2D eigenvalue weighted by Crippen LogP contribution is -2.51. The van der Waals surface area contributed by atoms with Gasteiger partial charge in [0.05, 0.1) is 25.7 Å². The molecule has 35 heavy (non-hydrogen) atoms. The Balaban J connectivity index is 1.93.